The summed E-state index contributed by atoms with van der Waals surface area (Å²) in [6.45, 7) is 18.9. The number of likely N-dealkylation sites (N-methyl/N-ethyl adjacent to an activating group) is 2. The van der Waals surface area contributed by atoms with E-state index in [1.165, 1.54) is 25.7 Å². The van der Waals surface area contributed by atoms with Crippen LogP contribution < -0.4 is 16.0 Å². The number of hydrogen-bond acceptors (Lipinski definition) is 15. The highest BCUT2D eigenvalue weighted by Gasteiger charge is 2.31. The fourth-order valence-electron chi connectivity index (χ4n) is 10.0. The molecule has 0 aliphatic heterocycles. The Labute approximate surface area is 433 Å². The zero-order valence-electron chi connectivity index (χ0n) is 45.0. The van der Waals surface area contributed by atoms with Crippen molar-refractivity contribution in [2.75, 3.05) is 118 Å². The van der Waals surface area contributed by atoms with Crippen molar-refractivity contribution >= 4 is 44.9 Å². The number of aryl methyl sites for hydroxylation is 1. The van der Waals surface area contributed by atoms with E-state index in [0.717, 1.165) is 94.7 Å². The number of carbonyl (C=O) groups is 1. The molecule has 0 radical (unpaired) electrons. The summed E-state index contributed by atoms with van der Waals surface area (Å²) >= 11 is 0. The number of nitrogens with zero attached hydrogens (tertiary/aromatic N) is 9. The SMILES string of the molecule is Cc1nnc2c3ccccc3c(N[C@H](C)[C@@H](c3ccc(C(=O)NCCOCCOCCOCCOCCN(C)CCCNc4nc(CN(C)C5CCC(C(C)(C)C)CC5)nc5ccccc45)cc3)N(C)C)nn12. The Bertz CT molecular complexity index is 2630. The summed E-state index contributed by atoms with van der Waals surface area (Å²) in [7, 11) is 8.47. The van der Waals surface area contributed by atoms with Gasteiger partial charge in [-0.1, -0.05) is 69.3 Å². The quantitative estimate of drug-likeness (QED) is 0.0388. The third-order valence-electron chi connectivity index (χ3n) is 14.2. The van der Waals surface area contributed by atoms with Crippen molar-refractivity contribution in [1.29, 1.82) is 0 Å². The molecule has 73 heavy (non-hydrogen) atoms. The summed E-state index contributed by atoms with van der Waals surface area (Å²) in [5.41, 5.74) is 3.78. The van der Waals surface area contributed by atoms with Gasteiger partial charge >= 0.3 is 0 Å². The fraction of sp³-hybridized carbons (Fsp3) is 0.571. The molecular formula is C56H82N12O5. The van der Waals surface area contributed by atoms with Gasteiger partial charge in [0.1, 0.15) is 11.6 Å². The highest BCUT2D eigenvalue weighted by molar-refractivity contribution is 6.00. The van der Waals surface area contributed by atoms with Gasteiger partial charge in [-0.3, -0.25) is 9.69 Å². The van der Waals surface area contributed by atoms with Gasteiger partial charge in [0.2, 0.25) is 0 Å². The highest BCUT2D eigenvalue weighted by Crippen LogP contribution is 2.39. The van der Waals surface area contributed by atoms with Crippen LogP contribution in [0.15, 0.2) is 72.8 Å². The molecule has 17 nitrogen and oxygen atoms in total. The van der Waals surface area contributed by atoms with E-state index in [0.29, 0.717) is 76.4 Å². The van der Waals surface area contributed by atoms with Crippen molar-refractivity contribution in [3.63, 3.8) is 0 Å². The summed E-state index contributed by atoms with van der Waals surface area (Å²) in [6, 6.07) is 24.7. The lowest BCUT2D eigenvalue weighted by molar-refractivity contribution is -0.00296. The van der Waals surface area contributed by atoms with E-state index in [9.17, 15) is 4.79 Å². The zero-order valence-corrected chi connectivity index (χ0v) is 45.0. The molecule has 6 aromatic rings. The smallest absolute Gasteiger partial charge is 0.251 e. The molecule has 0 saturated heterocycles. The Hall–Kier alpha value is -5.40. The van der Waals surface area contributed by atoms with Gasteiger partial charge in [0.15, 0.2) is 17.3 Å². The highest BCUT2D eigenvalue weighted by atomic mass is 16.6. The van der Waals surface area contributed by atoms with E-state index in [1.54, 1.807) is 4.52 Å². The zero-order chi connectivity index (χ0) is 51.7. The maximum Gasteiger partial charge on any atom is 0.251 e. The monoisotopic (exact) mass is 1000 g/mol. The van der Waals surface area contributed by atoms with Gasteiger partial charge in [-0.25, -0.2) is 9.97 Å². The van der Waals surface area contributed by atoms with Gasteiger partial charge in [0, 0.05) is 53.4 Å². The maximum absolute atomic E-state index is 13.0. The molecular weight excluding hydrogens is 921 g/mol. The van der Waals surface area contributed by atoms with Gasteiger partial charge in [0.05, 0.1) is 71.0 Å². The van der Waals surface area contributed by atoms with Crippen LogP contribution in [0, 0.1) is 18.3 Å². The van der Waals surface area contributed by atoms with Crippen LogP contribution in [0.25, 0.3) is 27.3 Å². The Morgan fingerprint density at radius 2 is 1.36 bits per heavy atom. The van der Waals surface area contributed by atoms with Crippen LogP contribution >= 0.6 is 0 Å². The second-order valence-electron chi connectivity index (χ2n) is 20.9. The molecule has 2 atom stereocenters. The molecule has 0 unspecified atom stereocenters. The molecule has 1 aliphatic carbocycles. The third kappa shape index (κ3) is 15.8. The lowest BCUT2D eigenvalue weighted by Gasteiger charge is -2.39. The molecule has 3 aromatic heterocycles. The Balaban J connectivity index is 0.689. The van der Waals surface area contributed by atoms with Crippen LogP contribution in [0.2, 0.25) is 0 Å². The van der Waals surface area contributed by atoms with Crippen LogP contribution in [0.5, 0.6) is 0 Å². The summed E-state index contributed by atoms with van der Waals surface area (Å²) in [4.78, 5) is 29.9. The van der Waals surface area contributed by atoms with Crippen molar-refractivity contribution < 1.29 is 23.7 Å². The standard InChI is InChI=1S/C56H82N12O5/c1-40(59-53-46-15-10-11-16-47(46)54-63-62-41(2)68(54)64-53)51(65(6)7)42-19-21-43(22-20-42)55(69)58-28-31-70-33-35-72-37-38-73-36-34-71-32-30-66(8)29-14-27-57-52-48-17-12-13-18-49(48)60-50(61-52)39-67(9)45-25-23-44(24-26-45)56(3,4)5/h10-13,15-22,40,44-45,51H,14,23-39H2,1-9H3,(H,58,69)(H,59,64)(H,57,60,61)/t40-,44?,45?,51+/m1/s1. The number of hydrogen-bond donors (Lipinski definition) is 3. The van der Waals surface area contributed by atoms with Crippen LogP contribution in [0.1, 0.15) is 93.4 Å². The molecule has 0 spiro atoms. The lowest BCUT2D eigenvalue weighted by atomic mass is 9.71. The van der Waals surface area contributed by atoms with E-state index in [1.807, 2.05) is 55.5 Å². The van der Waals surface area contributed by atoms with E-state index in [2.05, 4.69) is 121 Å². The summed E-state index contributed by atoms with van der Waals surface area (Å²) in [5, 5.41) is 26.7. The third-order valence-corrected chi connectivity index (χ3v) is 14.2. The first-order valence-electron chi connectivity index (χ1n) is 26.4. The molecule has 3 N–H and O–H groups in total. The molecule has 17 heteroatoms. The number of para-hydroxylation sites is 1. The first kappa shape index (κ1) is 55.4. The average Bonchev–Trinajstić information content (AvgIpc) is 3.75. The van der Waals surface area contributed by atoms with Gasteiger partial charge in [0.25, 0.3) is 5.91 Å². The molecule has 3 aromatic carbocycles. The molecule has 0 bridgehead atoms. The van der Waals surface area contributed by atoms with Crippen LogP contribution in [0.4, 0.5) is 11.6 Å². The lowest BCUT2D eigenvalue weighted by Crippen LogP contribution is -2.37. The Morgan fingerprint density at radius 3 is 2.03 bits per heavy atom. The fourth-order valence-corrected chi connectivity index (χ4v) is 10.0. The Morgan fingerprint density at radius 1 is 0.726 bits per heavy atom. The predicted octanol–water partition coefficient (Wildman–Crippen LogP) is 7.90. The first-order chi connectivity index (χ1) is 35.3. The maximum atomic E-state index is 13.0. The number of fused-ring (bicyclic) bond motifs is 4. The summed E-state index contributed by atoms with van der Waals surface area (Å²) in [5.74, 6) is 3.95. The van der Waals surface area contributed by atoms with Crippen molar-refractivity contribution in [2.24, 2.45) is 11.3 Å². The van der Waals surface area contributed by atoms with Crippen molar-refractivity contribution in [1.82, 2.24) is 49.8 Å². The number of nitrogens with one attached hydrogen (secondary N) is 3. The van der Waals surface area contributed by atoms with E-state index >= 15 is 0 Å². The second-order valence-corrected chi connectivity index (χ2v) is 20.9. The van der Waals surface area contributed by atoms with Crippen molar-refractivity contribution in [3.05, 3.63) is 95.6 Å². The molecule has 1 aliphatic rings. The molecule has 7 rings (SSSR count). The molecule has 3 heterocycles. The number of amides is 1. The molecule has 1 amide bonds. The minimum Gasteiger partial charge on any atom is -0.378 e. The largest absolute Gasteiger partial charge is 0.378 e. The van der Waals surface area contributed by atoms with Crippen LogP contribution in [-0.4, -0.2) is 170 Å². The molecule has 396 valence electrons. The number of rotatable bonds is 29. The van der Waals surface area contributed by atoms with Gasteiger partial charge in [-0.2, -0.15) is 4.52 Å². The van der Waals surface area contributed by atoms with Gasteiger partial charge < -0.3 is 44.7 Å². The molecule has 1 fully saturated rings. The Kier molecular flexibility index (Phi) is 20.6. The topological polar surface area (TPSA) is 169 Å². The van der Waals surface area contributed by atoms with Crippen LogP contribution in [-0.2, 0) is 25.5 Å². The second kappa shape index (κ2) is 27.2. The van der Waals surface area contributed by atoms with Crippen molar-refractivity contribution in [3.8, 4) is 0 Å². The summed E-state index contributed by atoms with van der Waals surface area (Å²) in [6.07, 6.45) is 6.06. The van der Waals surface area contributed by atoms with Gasteiger partial charge in [-0.15, -0.1) is 15.3 Å². The van der Waals surface area contributed by atoms with Crippen molar-refractivity contribution in [2.45, 2.75) is 91.4 Å². The van der Waals surface area contributed by atoms with E-state index in [4.69, 9.17) is 34.0 Å². The number of ether oxygens (including phenoxy) is 4. The molecule has 1 saturated carbocycles. The minimum atomic E-state index is -0.145. The number of anilines is 2. The first-order valence-corrected chi connectivity index (χ1v) is 26.4. The number of benzene rings is 3. The van der Waals surface area contributed by atoms with E-state index < -0.39 is 0 Å². The normalized spacial score (nSPS) is 16.3. The predicted molar refractivity (Wildman–Crippen MR) is 291 cm³/mol. The number of carbonyl (C=O) groups excluding carboxylic acids is 1. The average molecular weight is 1000 g/mol. The number of aromatic nitrogens is 6. The minimum absolute atomic E-state index is 0.0000867. The summed E-state index contributed by atoms with van der Waals surface area (Å²) < 4.78 is 24.6. The van der Waals surface area contributed by atoms with Crippen LogP contribution in [0.3, 0.4) is 0 Å². The van der Waals surface area contributed by atoms with Gasteiger partial charge in [-0.05, 0) is 122 Å². The van der Waals surface area contributed by atoms with E-state index in [-0.39, 0.29) is 18.0 Å².